The van der Waals surface area contributed by atoms with Gasteiger partial charge in [-0.25, -0.2) is 8.78 Å². The van der Waals surface area contributed by atoms with Crippen molar-refractivity contribution in [1.29, 1.82) is 0 Å². The van der Waals surface area contributed by atoms with Gasteiger partial charge in [0.25, 0.3) is 0 Å². The zero-order valence-corrected chi connectivity index (χ0v) is 17.0. The highest BCUT2D eigenvalue weighted by atomic mass is 19.1. The Bertz CT molecular complexity index is 1140. The van der Waals surface area contributed by atoms with E-state index in [4.69, 9.17) is 4.74 Å². The van der Waals surface area contributed by atoms with Crippen LogP contribution in [0.4, 0.5) is 8.78 Å². The van der Waals surface area contributed by atoms with E-state index in [0.717, 1.165) is 40.3 Å². The van der Waals surface area contributed by atoms with Gasteiger partial charge in [-0.15, -0.1) is 0 Å². The number of ketones is 1. The first-order chi connectivity index (χ1) is 14.2. The van der Waals surface area contributed by atoms with Crippen molar-refractivity contribution in [3.8, 4) is 5.75 Å². The normalized spacial score (nSPS) is 14.5. The average Bonchev–Trinajstić information content (AvgIpc) is 2.68. The Kier molecular flexibility index (Phi) is 4.98. The molecule has 0 radical (unpaired) electrons. The number of carbonyl (C=O) groups excluding carboxylic acids is 1. The number of halogens is 2. The number of nitrogens with zero attached hydrogens (tertiary/aromatic N) is 1. The molecule has 0 saturated carbocycles. The standard InChI is InChI=1S/C25H21F2NO2/c1-15-6-4-7-17-18(13-25(2,3)30-24(15)17)21-11-10-16(14-28-21)12-22(29)23-19(26)8-5-9-20(23)27/h4-11,13-14H,12H2,1-3H3. The first-order valence-corrected chi connectivity index (χ1v) is 9.69. The van der Waals surface area contributed by atoms with E-state index in [0.29, 0.717) is 5.56 Å². The number of benzene rings is 2. The summed E-state index contributed by atoms with van der Waals surface area (Å²) < 4.78 is 33.9. The highest BCUT2D eigenvalue weighted by molar-refractivity contribution is 5.98. The molecule has 0 fully saturated rings. The van der Waals surface area contributed by atoms with E-state index >= 15 is 0 Å². The Morgan fingerprint density at radius 2 is 1.73 bits per heavy atom. The van der Waals surface area contributed by atoms with Gasteiger partial charge < -0.3 is 4.74 Å². The van der Waals surface area contributed by atoms with Gasteiger partial charge in [-0.2, -0.15) is 0 Å². The van der Waals surface area contributed by atoms with E-state index in [1.165, 1.54) is 6.07 Å². The summed E-state index contributed by atoms with van der Waals surface area (Å²) in [5, 5.41) is 0. The molecule has 152 valence electrons. The van der Waals surface area contributed by atoms with Crippen molar-refractivity contribution in [2.45, 2.75) is 32.8 Å². The highest BCUT2D eigenvalue weighted by Crippen LogP contribution is 2.40. The number of fused-ring (bicyclic) bond motifs is 1. The van der Waals surface area contributed by atoms with Crippen LogP contribution in [0.2, 0.25) is 0 Å². The molecule has 5 heteroatoms. The molecule has 2 heterocycles. The van der Waals surface area contributed by atoms with Crippen molar-refractivity contribution < 1.29 is 18.3 Å². The third-order valence-electron chi connectivity index (χ3n) is 5.07. The molecule has 3 nitrogen and oxygen atoms in total. The molecule has 4 rings (SSSR count). The van der Waals surface area contributed by atoms with Crippen LogP contribution in [0.25, 0.3) is 5.57 Å². The molecule has 2 aromatic carbocycles. The van der Waals surface area contributed by atoms with Gasteiger partial charge in [0, 0.05) is 23.8 Å². The van der Waals surface area contributed by atoms with Crippen LogP contribution in [0.15, 0.2) is 60.8 Å². The summed E-state index contributed by atoms with van der Waals surface area (Å²) in [5.74, 6) is -1.50. The van der Waals surface area contributed by atoms with E-state index in [2.05, 4.69) is 4.98 Å². The molecular weight excluding hydrogens is 384 g/mol. The molecule has 0 unspecified atom stereocenters. The summed E-state index contributed by atoms with van der Waals surface area (Å²) in [6, 6.07) is 12.9. The lowest BCUT2D eigenvalue weighted by molar-refractivity contribution is 0.0984. The fourth-order valence-electron chi connectivity index (χ4n) is 3.66. The van der Waals surface area contributed by atoms with Crippen molar-refractivity contribution in [2.24, 2.45) is 0 Å². The smallest absolute Gasteiger partial charge is 0.173 e. The molecule has 0 N–H and O–H groups in total. The maximum atomic E-state index is 13.9. The summed E-state index contributed by atoms with van der Waals surface area (Å²) in [7, 11) is 0. The maximum Gasteiger partial charge on any atom is 0.173 e. The quantitative estimate of drug-likeness (QED) is 0.523. The molecule has 30 heavy (non-hydrogen) atoms. The Hall–Kier alpha value is -3.34. The number of Topliss-reactive ketones (excluding diaryl/α,β-unsaturated/α-hetero) is 1. The van der Waals surface area contributed by atoms with Crippen LogP contribution in [0, 0.1) is 18.6 Å². The van der Waals surface area contributed by atoms with Gasteiger partial charge in [0.1, 0.15) is 23.0 Å². The van der Waals surface area contributed by atoms with Crippen LogP contribution in [0.5, 0.6) is 5.75 Å². The maximum absolute atomic E-state index is 13.9. The molecule has 0 amide bonds. The van der Waals surface area contributed by atoms with Gasteiger partial charge in [0.05, 0.1) is 11.3 Å². The van der Waals surface area contributed by atoms with Crippen LogP contribution in [0.1, 0.15) is 46.6 Å². The van der Waals surface area contributed by atoms with Gasteiger partial charge in [0.15, 0.2) is 5.78 Å². The molecule has 0 bridgehead atoms. The number of aromatic nitrogens is 1. The molecule has 1 aromatic heterocycles. The van der Waals surface area contributed by atoms with E-state index < -0.39 is 28.6 Å². The summed E-state index contributed by atoms with van der Waals surface area (Å²) >= 11 is 0. The summed E-state index contributed by atoms with van der Waals surface area (Å²) in [4.78, 5) is 16.9. The van der Waals surface area contributed by atoms with Crippen molar-refractivity contribution in [1.82, 2.24) is 4.98 Å². The Labute approximate surface area is 174 Å². The second-order valence-electron chi connectivity index (χ2n) is 7.96. The largest absolute Gasteiger partial charge is 0.483 e. The van der Waals surface area contributed by atoms with Crippen molar-refractivity contribution in [3.63, 3.8) is 0 Å². The van der Waals surface area contributed by atoms with E-state index in [1.54, 1.807) is 12.3 Å². The minimum atomic E-state index is -0.855. The average molecular weight is 405 g/mol. The van der Waals surface area contributed by atoms with E-state index in [1.807, 2.05) is 51.1 Å². The molecule has 0 saturated heterocycles. The predicted octanol–water partition coefficient (Wildman–Crippen LogP) is 5.70. The second kappa shape index (κ2) is 7.48. The fraction of sp³-hybridized carbons (Fsp3) is 0.200. The van der Waals surface area contributed by atoms with Crippen molar-refractivity contribution in [3.05, 3.63) is 100 Å². The minimum absolute atomic E-state index is 0.130. The molecule has 1 aliphatic rings. The lowest BCUT2D eigenvalue weighted by atomic mass is 9.91. The molecule has 1 aliphatic heterocycles. The zero-order chi connectivity index (χ0) is 21.5. The Morgan fingerprint density at radius 3 is 2.40 bits per heavy atom. The van der Waals surface area contributed by atoms with Gasteiger partial charge in [-0.1, -0.05) is 30.3 Å². The highest BCUT2D eigenvalue weighted by Gasteiger charge is 2.28. The lowest BCUT2D eigenvalue weighted by Crippen LogP contribution is -2.29. The number of hydrogen-bond donors (Lipinski definition) is 0. The van der Waals surface area contributed by atoms with Crippen LogP contribution < -0.4 is 4.74 Å². The number of carbonyl (C=O) groups is 1. The third kappa shape index (κ3) is 3.75. The lowest BCUT2D eigenvalue weighted by Gasteiger charge is -2.32. The van der Waals surface area contributed by atoms with Crippen molar-refractivity contribution >= 4 is 11.4 Å². The molecule has 0 aliphatic carbocycles. The number of aryl methyl sites for hydroxylation is 1. The topological polar surface area (TPSA) is 39.2 Å². The number of hydrogen-bond acceptors (Lipinski definition) is 3. The van der Waals surface area contributed by atoms with Crippen LogP contribution in [-0.2, 0) is 6.42 Å². The first-order valence-electron chi connectivity index (χ1n) is 9.69. The van der Waals surface area contributed by atoms with Gasteiger partial charge in [0.2, 0.25) is 0 Å². The molecule has 0 spiro atoms. The second-order valence-corrected chi connectivity index (χ2v) is 7.96. The van der Waals surface area contributed by atoms with Gasteiger partial charge in [-0.3, -0.25) is 9.78 Å². The van der Waals surface area contributed by atoms with E-state index in [-0.39, 0.29) is 6.42 Å². The van der Waals surface area contributed by atoms with Crippen LogP contribution in [-0.4, -0.2) is 16.4 Å². The van der Waals surface area contributed by atoms with E-state index in [9.17, 15) is 13.6 Å². The van der Waals surface area contributed by atoms with Crippen molar-refractivity contribution in [2.75, 3.05) is 0 Å². The van der Waals surface area contributed by atoms with Gasteiger partial charge in [-0.05, 0) is 56.2 Å². The summed E-state index contributed by atoms with van der Waals surface area (Å²) in [6.45, 7) is 5.97. The van der Waals surface area contributed by atoms with Crippen LogP contribution >= 0.6 is 0 Å². The molecule has 0 atom stereocenters. The predicted molar refractivity (Wildman–Crippen MR) is 112 cm³/mol. The minimum Gasteiger partial charge on any atom is -0.483 e. The summed E-state index contributed by atoms with van der Waals surface area (Å²) in [5.41, 5.74) is 3.27. The first kappa shape index (κ1) is 20.0. The fourth-order valence-corrected chi connectivity index (χ4v) is 3.66. The summed E-state index contributed by atoms with van der Waals surface area (Å²) in [6.07, 6.45) is 3.47. The zero-order valence-electron chi connectivity index (χ0n) is 17.0. The monoisotopic (exact) mass is 405 g/mol. The number of rotatable bonds is 4. The van der Waals surface area contributed by atoms with Crippen LogP contribution in [0.3, 0.4) is 0 Å². The number of pyridine rings is 1. The Balaban J connectivity index is 1.64. The number of para-hydroxylation sites is 1. The molecular formula is C25H21F2NO2. The Morgan fingerprint density at radius 1 is 1.03 bits per heavy atom. The molecule has 3 aromatic rings. The third-order valence-corrected chi connectivity index (χ3v) is 5.07. The SMILES string of the molecule is Cc1cccc2c1OC(C)(C)C=C2c1ccc(CC(=O)c2c(F)cccc2F)cn1. The van der Waals surface area contributed by atoms with Gasteiger partial charge >= 0.3 is 0 Å². The number of ether oxygens (including phenoxy) is 1.